The SMILES string of the molecule is COc1ccc(-n2nc(COc3ccc(OCC(=O)O)c(C)c3)cc2-c2ccc(OC(F)(F)F)cc2)cc1. The van der Waals surface area contributed by atoms with Gasteiger partial charge in [0.2, 0.25) is 0 Å². The maximum Gasteiger partial charge on any atom is 0.573 e. The average Bonchev–Trinajstić information content (AvgIpc) is 3.30. The van der Waals surface area contributed by atoms with Crippen LogP contribution in [-0.4, -0.2) is 40.9 Å². The van der Waals surface area contributed by atoms with Gasteiger partial charge in [0.05, 0.1) is 18.5 Å². The Morgan fingerprint density at radius 1 is 0.921 bits per heavy atom. The molecule has 0 aliphatic heterocycles. The first-order chi connectivity index (χ1) is 18.1. The van der Waals surface area contributed by atoms with Crippen molar-refractivity contribution in [2.75, 3.05) is 13.7 Å². The van der Waals surface area contributed by atoms with Gasteiger partial charge in [0.25, 0.3) is 0 Å². The average molecular weight is 528 g/mol. The van der Waals surface area contributed by atoms with Crippen LogP contribution in [0.15, 0.2) is 72.8 Å². The van der Waals surface area contributed by atoms with E-state index in [0.29, 0.717) is 45.5 Å². The number of carboxylic acids is 1. The maximum atomic E-state index is 12.6. The Hall–Kier alpha value is -4.67. The molecule has 0 atom stereocenters. The molecule has 198 valence electrons. The lowest BCUT2D eigenvalue weighted by Crippen LogP contribution is -2.16. The summed E-state index contributed by atoms with van der Waals surface area (Å²) < 4.78 is 59.7. The number of carboxylic acid groups (broad SMARTS) is 1. The van der Waals surface area contributed by atoms with Gasteiger partial charge in [-0.05, 0) is 85.3 Å². The van der Waals surface area contributed by atoms with Crippen LogP contribution < -0.4 is 18.9 Å². The standard InChI is InChI=1S/C27H23F3N2O6/c1-17-13-23(11-12-25(17)37-16-26(33)34)36-15-19-14-24(18-3-7-22(8-4-18)38-27(28,29)30)32(31-19)20-5-9-21(35-2)10-6-20/h3-14H,15-16H2,1-2H3,(H,33,34). The van der Waals surface area contributed by atoms with E-state index in [1.165, 1.54) is 24.3 Å². The van der Waals surface area contributed by atoms with Gasteiger partial charge in [-0.25, -0.2) is 9.48 Å². The maximum absolute atomic E-state index is 12.6. The Morgan fingerprint density at radius 2 is 1.58 bits per heavy atom. The van der Waals surface area contributed by atoms with Gasteiger partial charge in [-0.1, -0.05) is 0 Å². The molecule has 0 bridgehead atoms. The molecule has 0 saturated heterocycles. The van der Waals surface area contributed by atoms with Crippen LogP contribution >= 0.6 is 0 Å². The fourth-order valence-corrected chi connectivity index (χ4v) is 3.62. The summed E-state index contributed by atoms with van der Waals surface area (Å²) in [5, 5.41) is 13.4. The molecule has 0 aliphatic rings. The number of alkyl halides is 3. The molecule has 0 radical (unpaired) electrons. The van der Waals surface area contributed by atoms with E-state index < -0.39 is 18.9 Å². The van der Waals surface area contributed by atoms with Gasteiger partial charge in [-0.15, -0.1) is 13.2 Å². The number of halogens is 3. The van der Waals surface area contributed by atoms with Crippen LogP contribution in [0.3, 0.4) is 0 Å². The molecular weight excluding hydrogens is 505 g/mol. The van der Waals surface area contributed by atoms with Crippen molar-refractivity contribution >= 4 is 5.97 Å². The minimum Gasteiger partial charge on any atom is -0.497 e. The number of nitrogens with zero attached hydrogens (tertiary/aromatic N) is 2. The van der Waals surface area contributed by atoms with Gasteiger partial charge < -0.3 is 24.1 Å². The molecule has 1 heterocycles. The fourth-order valence-electron chi connectivity index (χ4n) is 3.62. The Labute approximate surface area is 215 Å². The lowest BCUT2D eigenvalue weighted by Gasteiger charge is -2.11. The van der Waals surface area contributed by atoms with Crippen molar-refractivity contribution in [2.45, 2.75) is 19.9 Å². The Balaban J connectivity index is 1.59. The van der Waals surface area contributed by atoms with Crippen molar-refractivity contribution in [2.24, 2.45) is 0 Å². The third kappa shape index (κ3) is 6.75. The molecule has 0 amide bonds. The second kappa shape index (κ2) is 11.2. The normalized spacial score (nSPS) is 11.2. The van der Waals surface area contributed by atoms with Crippen LogP contribution in [0.5, 0.6) is 23.0 Å². The molecule has 0 unspecified atom stereocenters. The monoisotopic (exact) mass is 528 g/mol. The van der Waals surface area contributed by atoms with Gasteiger partial charge in [0.15, 0.2) is 6.61 Å². The summed E-state index contributed by atoms with van der Waals surface area (Å²) in [5.74, 6) is 0.218. The summed E-state index contributed by atoms with van der Waals surface area (Å²) in [7, 11) is 1.56. The van der Waals surface area contributed by atoms with Gasteiger partial charge in [0, 0.05) is 5.56 Å². The minimum atomic E-state index is -4.78. The van der Waals surface area contributed by atoms with Crippen LogP contribution in [-0.2, 0) is 11.4 Å². The Bertz CT molecular complexity index is 1400. The number of aryl methyl sites for hydroxylation is 1. The van der Waals surface area contributed by atoms with Gasteiger partial charge >= 0.3 is 12.3 Å². The highest BCUT2D eigenvalue weighted by molar-refractivity contribution is 5.68. The third-order valence-corrected chi connectivity index (χ3v) is 5.34. The molecule has 8 nitrogen and oxygen atoms in total. The molecule has 11 heteroatoms. The molecule has 3 aromatic carbocycles. The zero-order valence-electron chi connectivity index (χ0n) is 20.4. The van der Waals surface area contributed by atoms with Crippen LogP contribution in [0.4, 0.5) is 13.2 Å². The smallest absolute Gasteiger partial charge is 0.497 e. The molecule has 0 fully saturated rings. The lowest BCUT2D eigenvalue weighted by molar-refractivity contribution is -0.274. The number of aromatic nitrogens is 2. The lowest BCUT2D eigenvalue weighted by atomic mass is 10.1. The van der Waals surface area contributed by atoms with Crippen molar-refractivity contribution < 1.29 is 42.0 Å². The molecule has 4 rings (SSSR count). The largest absolute Gasteiger partial charge is 0.573 e. The zero-order chi connectivity index (χ0) is 27.3. The fraction of sp³-hybridized carbons (Fsp3) is 0.185. The summed E-state index contributed by atoms with van der Waals surface area (Å²) >= 11 is 0. The third-order valence-electron chi connectivity index (χ3n) is 5.34. The molecule has 4 aromatic rings. The molecule has 1 N–H and O–H groups in total. The Morgan fingerprint density at radius 3 is 2.18 bits per heavy atom. The molecule has 0 spiro atoms. The van der Waals surface area contributed by atoms with E-state index in [1.807, 2.05) is 0 Å². The first-order valence-corrected chi connectivity index (χ1v) is 11.3. The highest BCUT2D eigenvalue weighted by atomic mass is 19.4. The van der Waals surface area contributed by atoms with E-state index in [-0.39, 0.29) is 12.4 Å². The van der Waals surface area contributed by atoms with Crippen LogP contribution in [0.2, 0.25) is 0 Å². The molecular formula is C27H23F3N2O6. The number of hydrogen-bond donors (Lipinski definition) is 1. The number of ether oxygens (including phenoxy) is 4. The van der Waals surface area contributed by atoms with Crippen molar-refractivity contribution in [3.05, 3.63) is 84.1 Å². The molecule has 0 saturated carbocycles. The number of carbonyl (C=O) groups is 1. The summed E-state index contributed by atoms with van der Waals surface area (Å²) in [6, 6.07) is 19.4. The van der Waals surface area contributed by atoms with Gasteiger partial charge in [0.1, 0.15) is 35.3 Å². The number of benzene rings is 3. The zero-order valence-corrected chi connectivity index (χ0v) is 20.4. The molecule has 1 aromatic heterocycles. The van der Waals surface area contributed by atoms with Crippen molar-refractivity contribution in [1.29, 1.82) is 0 Å². The highest BCUT2D eigenvalue weighted by Gasteiger charge is 2.31. The van der Waals surface area contributed by atoms with Gasteiger partial charge in [-0.2, -0.15) is 5.10 Å². The van der Waals surface area contributed by atoms with Crippen molar-refractivity contribution in [3.8, 4) is 39.9 Å². The quantitative estimate of drug-likeness (QED) is 0.278. The molecule has 0 aliphatic carbocycles. The number of aliphatic carboxylic acids is 1. The van der Waals surface area contributed by atoms with E-state index in [1.54, 1.807) is 67.2 Å². The minimum absolute atomic E-state index is 0.0974. The summed E-state index contributed by atoms with van der Waals surface area (Å²) in [6.45, 7) is 1.42. The summed E-state index contributed by atoms with van der Waals surface area (Å²) in [4.78, 5) is 10.7. The first-order valence-electron chi connectivity index (χ1n) is 11.3. The van der Waals surface area contributed by atoms with E-state index >= 15 is 0 Å². The first kappa shape index (κ1) is 26.4. The van der Waals surface area contributed by atoms with E-state index in [0.717, 1.165) is 0 Å². The van der Waals surface area contributed by atoms with E-state index in [9.17, 15) is 18.0 Å². The second-order valence-corrected chi connectivity index (χ2v) is 8.10. The highest BCUT2D eigenvalue weighted by Crippen LogP contribution is 2.30. The number of hydrogen-bond acceptors (Lipinski definition) is 6. The number of rotatable bonds is 10. The number of methoxy groups -OCH3 is 1. The second-order valence-electron chi connectivity index (χ2n) is 8.10. The van der Waals surface area contributed by atoms with Crippen LogP contribution in [0, 0.1) is 6.92 Å². The van der Waals surface area contributed by atoms with E-state index in [4.69, 9.17) is 19.3 Å². The van der Waals surface area contributed by atoms with Crippen LogP contribution in [0.25, 0.3) is 16.9 Å². The topological polar surface area (TPSA) is 92.0 Å². The predicted molar refractivity (Wildman–Crippen MR) is 131 cm³/mol. The van der Waals surface area contributed by atoms with Crippen molar-refractivity contribution in [3.63, 3.8) is 0 Å². The molecule has 38 heavy (non-hydrogen) atoms. The predicted octanol–water partition coefficient (Wildman–Crippen LogP) is 5.80. The van der Waals surface area contributed by atoms with Gasteiger partial charge in [-0.3, -0.25) is 0 Å². The van der Waals surface area contributed by atoms with Crippen LogP contribution in [0.1, 0.15) is 11.3 Å². The summed E-state index contributed by atoms with van der Waals surface area (Å²) in [5.41, 5.74) is 3.22. The summed E-state index contributed by atoms with van der Waals surface area (Å²) in [6.07, 6.45) is -4.78. The van der Waals surface area contributed by atoms with E-state index in [2.05, 4.69) is 9.84 Å². The Kier molecular flexibility index (Phi) is 7.75. The van der Waals surface area contributed by atoms with Crippen molar-refractivity contribution in [1.82, 2.24) is 9.78 Å².